The number of rotatable bonds is 5. The number of aromatic carboxylic acids is 1. The average Bonchev–Trinajstić information content (AvgIpc) is 3.36. The number of phenols is 1. The van der Waals surface area contributed by atoms with Crippen LogP contribution in [0.5, 0.6) is 5.75 Å². The van der Waals surface area contributed by atoms with Crippen molar-refractivity contribution in [2.75, 3.05) is 25.4 Å². The van der Waals surface area contributed by atoms with Crippen LogP contribution in [0.15, 0.2) is 45.7 Å². The van der Waals surface area contributed by atoms with Crippen molar-refractivity contribution in [2.24, 2.45) is 0 Å². The van der Waals surface area contributed by atoms with E-state index in [1.165, 1.54) is 30.3 Å². The zero-order chi connectivity index (χ0) is 29.1. The predicted octanol–water partition coefficient (Wildman–Crippen LogP) is 4.26. The second kappa shape index (κ2) is 12.1. The van der Waals surface area contributed by atoms with Gasteiger partial charge in [0.1, 0.15) is 23.0 Å². The Hall–Kier alpha value is -4.25. The molecule has 0 aliphatic carbocycles. The number of halogens is 1. The molecule has 2 aromatic heterocycles. The average molecular weight is 564 g/mol. The number of hydrogen-bond acceptors (Lipinski definition) is 8. The second-order valence-corrected chi connectivity index (χ2v) is 10.7. The van der Waals surface area contributed by atoms with Crippen LogP contribution in [0.2, 0.25) is 0 Å². The summed E-state index contributed by atoms with van der Waals surface area (Å²) in [5.74, 6) is -0.498. The monoisotopic (exact) mass is 563 g/mol. The number of nitrogens with zero attached hydrogens (tertiary/aromatic N) is 4. The molecule has 2 aromatic carbocycles. The van der Waals surface area contributed by atoms with Crippen LogP contribution in [0, 0.1) is 12.7 Å². The smallest absolute Gasteiger partial charge is 0.339 e. The Balaban J connectivity index is 0.000000259. The number of hydrogen-bond donors (Lipinski definition) is 3. The minimum Gasteiger partial charge on any atom is -0.507 e. The van der Waals surface area contributed by atoms with Crippen LogP contribution >= 0.6 is 0 Å². The molecular weight excluding hydrogens is 529 g/mol. The molecule has 2 aliphatic heterocycles. The maximum atomic E-state index is 13.4. The van der Waals surface area contributed by atoms with Crippen molar-refractivity contribution in [3.63, 3.8) is 0 Å². The standard InChI is InChI=1S/C23H27FN4O2.C7H7NO3/c1-15-18(23(29)28-10-3-2-4-21(28)25-15)9-13-27-11-7-16(8-12-27)22-19-6-5-17(24)14-20(19)30-26-22;8-4-1-2-5(7(10)11)6(9)3-4/h5-6,14,16H,2-4,7-13H2,1H3;1-3,9H,8H2,(H,10,11). The van der Waals surface area contributed by atoms with Crippen molar-refractivity contribution >= 4 is 22.6 Å². The predicted molar refractivity (Wildman–Crippen MR) is 152 cm³/mol. The number of aromatic hydroxyl groups is 1. The highest BCUT2D eigenvalue weighted by atomic mass is 19.1. The largest absolute Gasteiger partial charge is 0.507 e. The fraction of sp³-hybridized carbons (Fsp3) is 0.400. The van der Waals surface area contributed by atoms with Gasteiger partial charge in [-0.2, -0.15) is 0 Å². The number of piperidine rings is 1. The molecule has 11 heteroatoms. The molecule has 4 N–H and O–H groups in total. The molecule has 0 saturated carbocycles. The van der Waals surface area contributed by atoms with E-state index < -0.39 is 5.97 Å². The molecule has 0 amide bonds. The summed E-state index contributed by atoms with van der Waals surface area (Å²) in [6, 6.07) is 8.50. The molecular formula is C30H34FN5O5. The van der Waals surface area contributed by atoms with E-state index in [1.54, 1.807) is 6.07 Å². The van der Waals surface area contributed by atoms with Crippen molar-refractivity contribution in [2.45, 2.75) is 57.9 Å². The SMILES string of the molecule is Cc1nc2n(c(=O)c1CCN1CCC(c3noc4cc(F)ccc34)CC1)CCCC2.Nc1ccc(C(=O)O)c(O)c1. The van der Waals surface area contributed by atoms with Gasteiger partial charge < -0.3 is 25.4 Å². The Morgan fingerprint density at radius 1 is 1.15 bits per heavy atom. The van der Waals surface area contributed by atoms with Crippen LogP contribution in [0.25, 0.3) is 11.0 Å². The number of fused-ring (bicyclic) bond motifs is 2. The van der Waals surface area contributed by atoms with E-state index in [2.05, 4.69) is 10.1 Å². The first kappa shape index (κ1) is 28.3. The number of benzene rings is 2. The van der Waals surface area contributed by atoms with E-state index in [9.17, 15) is 14.0 Å². The minimum atomic E-state index is -1.16. The van der Waals surface area contributed by atoms with Gasteiger partial charge in [-0.25, -0.2) is 14.2 Å². The minimum absolute atomic E-state index is 0.140. The molecule has 2 aliphatic rings. The molecule has 216 valence electrons. The third-order valence-electron chi connectivity index (χ3n) is 7.95. The van der Waals surface area contributed by atoms with Gasteiger partial charge in [0.15, 0.2) is 5.58 Å². The highest BCUT2D eigenvalue weighted by Gasteiger charge is 2.26. The van der Waals surface area contributed by atoms with Crippen LogP contribution in [-0.4, -0.2) is 55.4 Å². The van der Waals surface area contributed by atoms with Crippen molar-refractivity contribution in [3.8, 4) is 5.75 Å². The van der Waals surface area contributed by atoms with Crippen molar-refractivity contribution in [3.05, 3.63) is 80.9 Å². The van der Waals surface area contributed by atoms with Gasteiger partial charge in [0.2, 0.25) is 0 Å². The fourth-order valence-corrected chi connectivity index (χ4v) is 5.67. The number of aryl methyl sites for hydroxylation is 2. The van der Waals surface area contributed by atoms with E-state index in [0.29, 0.717) is 17.2 Å². The van der Waals surface area contributed by atoms with Crippen LogP contribution in [0.4, 0.5) is 10.1 Å². The lowest BCUT2D eigenvalue weighted by Gasteiger charge is -2.31. The quantitative estimate of drug-likeness (QED) is 0.303. The topological polar surface area (TPSA) is 148 Å². The first-order chi connectivity index (χ1) is 19.7. The van der Waals surface area contributed by atoms with Crippen molar-refractivity contribution in [1.29, 1.82) is 0 Å². The highest BCUT2D eigenvalue weighted by molar-refractivity contribution is 5.91. The van der Waals surface area contributed by atoms with Crippen LogP contribution < -0.4 is 11.3 Å². The van der Waals surface area contributed by atoms with Gasteiger partial charge in [0.25, 0.3) is 5.56 Å². The van der Waals surface area contributed by atoms with E-state index in [1.807, 2.05) is 11.5 Å². The maximum Gasteiger partial charge on any atom is 0.339 e. The number of nitrogens with two attached hydrogens (primary N) is 1. The number of nitrogen functional groups attached to an aromatic ring is 1. The van der Waals surface area contributed by atoms with E-state index >= 15 is 0 Å². The summed E-state index contributed by atoms with van der Waals surface area (Å²) in [6.45, 7) is 5.55. The number of anilines is 1. The molecule has 6 rings (SSSR count). The van der Waals surface area contributed by atoms with E-state index in [0.717, 1.165) is 92.9 Å². The van der Waals surface area contributed by atoms with Gasteiger partial charge in [-0.15, -0.1) is 0 Å². The Morgan fingerprint density at radius 2 is 1.93 bits per heavy atom. The number of carbonyl (C=O) groups is 1. The molecule has 0 unspecified atom stereocenters. The van der Waals surface area contributed by atoms with Gasteiger partial charge in [0, 0.05) is 59.9 Å². The number of aromatic nitrogens is 3. The van der Waals surface area contributed by atoms with Gasteiger partial charge in [-0.05, 0) is 76.4 Å². The lowest BCUT2D eigenvalue weighted by Crippen LogP contribution is -2.37. The molecule has 1 saturated heterocycles. The third kappa shape index (κ3) is 6.25. The molecule has 0 bridgehead atoms. The normalized spacial score (nSPS) is 15.8. The highest BCUT2D eigenvalue weighted by Crippen LogP contribution is 2.32. The zero-order valence-electron chi connectivity index (χ0n) is 23.0. The first-order valence-corrected chi connectivity index (χ1v) is 13.9. The van der Waals surface area contributed by atoms with Gasteiger partial charge in [0.05, 0.1) is 5.69 Å². The maximum absolute atomic E-state index is 13.4. The van der Waals surface area contributed by atoms with Gasteiger partial charge in [-0.3, -0.25) is 9.36 Å². The molecule has 41 heavy (non-hydrogen) atoms. The number of carboxylic acid groups (broad SMARTS) is 1. The molecule has 4 aromatic rings. The molecule has 0 atom stereocenters. The lowest BCUT2D eigenvalue weighted by atomic mass is 9.91. The van der Waals surface area contributed by atoms with E-state index in [-0.39, 0.29) is 22.7 Å². The molecule has 0 radical (unpaired) electrons. The summed E-state index contributed by atoms with van der Waals surface area (Å²) in [4.78, 5) is 30.4. The van der Waals surface area contributed by atoms with Crippen LogP contribution in [0.1, 0.15) is 64.7 Å². The summed E-state index contributed by atoms with van der Waals surface area (Å²) in [7, 11) is 0. The zero-order valence-corrected chi connectivity index (χ0v) is 23.0. The third-order valence-corrected chi connectivity index (χ3v) is 7.95. The Bertz CT molecular complexity index is 1620. The summed E-state index contributed by atoms with van der Waals surface area (Å²) < 4.78 is 20.6. The molecule has 4 heterocycles. The molecule has 10 nitrogen and oxygen atoms in total. The fourth-order valence-electron chi connectivity index (χ4n) is 5.67. The van der Waals surface area contributed by atoms with Crippen LogP contribution in [0.3, 0.4) is 0 Å². The van der Waals surface area contributed by atoms with Crippen molar-refractivity contribution in [1.82, 2.24) is 19.6 Å². The summed E-state index contributed by atoms with van der Waals surface area (Å²) in [5, 5.41) is 22.6. The number of likely N-dealkylation sites (tertiary alicyclic amines) is 1. The Labute approximate surface area is 236 Å². The van der Waals surface area contributed by atoms with Gasteiger partial charge >= 0.3 is 5.97 Å². The number of carboxylic acids is 1. The lowest BCUT2D eigenvalue weighted by molar-refractivity contribution is 0.0693. The van der Waals surface area contributed by atoms with Crippen LogP contribution in [-0.2, 0) is 19.4 Å². The van der Waals surface area contributed by atoms with E-state index in [4.69, 9.17) is 25.5 Å². The molecule has 1 fully saturated rings. The summed E-state index contributed by atoms with van der Waals surface area (Å²) >= 11 is 0. The Kier molecular flexibility index (Phi) is 8.34. The van der Waals surface area contributed by atoms with Gasteiger partial charge in [-0.1, -0.05) is 5.16 Å². The summed E-state index contributed by atoms with van der Waals surface area (Å²) in [6.07, 6.45) is 5.81. The second-order valence-electron chi connectivity index (χ2n) is 10.7. The Morgan fingerprint density at radius 3 is 2.66 bits per heavy atom. The first-order valence-electron chi connectivity index (χ1n) is 13.9. The molecule has 0 spiro atoms. The summed E-state index contributed by atoms with van der Waals surface area (Å²) in [5.41, 5.74) is 8.86. The van der Waals surface area contributed by atoms with Crippen molar-refractivity contribution < 1.29 is 23.9 Å².